The number of aliphatic hydroxyl groups excluding tert-OH is 1. The van der Waals surface area contributed by atoms with Gasteiger partial charge in [-0.25, -0.2) is 13.4 Å². The molecule has 0 aliphatic heterocycles. The summed E-state index contributed by atoms with van der Waals surface area (Å²) in [7, 11) is -4.06. The minimum atomic E-state index is -4.06. The number of ketones is 1. The van der Waals surface area contributed by atoms with Crippen molar-refractivity contribution in [1.82, 2.24) is 20.6 Å². The van der Waals surface area contributed by atoms with Crippen LogP contribution in [0.1, 0.15) is 114 Å². The van der Waals surface area contributed by atoms with Crippen molar-refractivity contribution in [2.75, 3.05) is 0 Å². The van der Waals surface area contributed by atoms with E-state index in [0.29, 0.717) is 6.42 Å². The van der Waals surface area contributed by atoms with Crippen molar-refractivity contribution >= 4 is 27.4 Å². The molecule has 2 fully saturated rings. The SMILES string of the molecule is CC(C)(C)S(=O)(=O)C(C(=O)NC(C(=O)NC(CC1CCCCC1)C(O)C(=O)C1CCCCC1)c1cnc[nH]1)c1ccccc1. The first-order valence-electron chi connectivity index (χ1n) is 16.0. The van der Waals surface area contributed by atoms with E-state index >= 15 is 0 Å². The molecule has 1 heterocycles. The second kappa shape index (κ2) is 14.8. The molecule has 4 atom stereocenters. The van der Waals surface area contributed by atoms with Crippen LogP contribution >= 0.6 is 0 Å². The van der Waals surface area contributed by atoms with Crippen molar-refractivity contribution in [1.29, 1.82) is 0 Å². The molecule has 4 rings (SSSR count). The Morgan fingerprint density at radius 2 is 1.55 bits per heavy atom. The number of nitrogens with zero attached hydrogens (tertiary/aromatic N) is 1. The van der Waals surface area contributed by atoms with Crippen molar-refractivity contribution in [3.8, 4) is 0 Å². The van der Waals surface area contributed by atoms with Crippen LogP contribution in [0.15, 0.2) is 42.9 Å². The summed E-state index contributed by atoms with van der Waals surface area (Å²) in [6.45, 7) is 4.60. The molecule has 2 aromatic rings. The molecule has 0 saturated heterocycles. The minimum absolute atomic E-state index is 0.234. The first kappa shape index (κ1) is 33.8. The van der Waals surface area contributed by atoms with Gasteiger partial charge in [0.1, 0.15) is 12.1 Å². The van der Waals surface area contributed by atoms with Crippen molar-refractivity contribution < 1.29 is 27.9 Å². The number of Topliss-reactive ketones (excluding diaryl/α,β-unsaturated/α-hetero) is 1. The molecule has 2 aliphatic carbocycles. The monoisotopic (exact) mass is 628 g/mol. The Hall–Kier alpha value is -3.05. The van der Waals surface area contributed by atoms with Crippen LogP contribution in [0.25, 0.3) is 0 Å². The Bertz CT molecular complexity index is 1340. The molecule has 1 aromatic carbocycles. The first-order valence-corrected chi connectivity index (χ1v) is 17.5. The number of nitrogens with one attached hydrogen (secondary N) is 3. The maximum atomic E-state index is 14.0. The fraction of sp³-hybridized carbons (Fsp3) is 0.636. The fourth-order valence-electron chi connectivity index (χ4n) is 6.52. The number of aromatic nitrogens is 2. The van der Waals surface area contributed by atoms with Crippen LogP contribution in [-0.2, 0) is 24.2 Å². The van der Waals surface area contributed by atoms with Crippen LogP contribution in [0.3, 0.4) is 0 Å². The average molecular weight is 629 g/mol. The fourth-order valence-corrected chi connectivity index (χ4v) is 8.09. The van der Waals surface area contributed by atoms with Crippen LogP contribution in [0.4, 0.5) is 0 Å². The lowest BCUT2D eigenvalue weighted by atomic mass is 9.79. The van der Waals surface area contributed by atoms with Crippen LogP contribution in [0.2, 0.25) is 0 Å². The third kappa shape index (κ3) is 8.15. The molecule has 44 heavy (non-hydrogen) atoms. The lowest BCUT2D eigenvalue weighted by Crippen LogP contribution is -2.53. The molecule has 0 bridgehead atoms. The normalized spacial score (nSPS) is 19.8. The van der Waals surface area contributed by atoms with E-state index in [4.69, 9.17) is 0 Å². The van der Waals surface area contributed by atoms with Gasteiger partial charge in [-0.2, -0.15) is 0 Å². The van der Waals surface area contributed by atoms with E-state index in [0.717, 1.165) is 64.2 Å². The van der Waals surface area contributed by atoms with Gasteiger partial charge in [0.2, 0.25) is 11.8 Å². The number of aliphatic hydroxyl groups is 1. The number of hydrogen-bond donors (Lipinski definition) is 4. The number of H-pyrrole nitrogens is 1. The average Bonchev–Trinajstić information content (AvgIpc) is 3.54. The third-order valence-corrected chi connectivity index (χ3v) is 12.0. The zero-order valence-corrected chi connectivity index (χ0v) is 26.9. The molecule has 2 aliphatic rings. The van der Waals surface area contributed by atoms with E-state index in [1.54, 1.807) is 30.3 Å². The number of rotatable bonds is 12. The largest absolute Gasteiger partial charge is 0.383 e. The number of carbonyl (C=O) groups excluding carboxylic acids is 3. The Morgan fingerprint density at radius 1 is 0.932 bits per heavy atom. The Labute approximate surface area is 261 Å². The topological polar surface area (TPSA) is 158 Å². The molecule has 0 radical (unpaired) electrons. The molecule has 0 spiro atoms. The van der Waals surface area contributed by atoms with Crippen LogP contribution in [0, 0.1) is 11.8 Å². The second-order valence-corrected chi connectivity index (χ2v) is 16.2. The van der Waals surface area contributed by atoms with E-state index in [1.165, 1.54) is 33.3 Å². The summed E-state index contributed by atoms with van der Waals surface area (Å²) in [4.78, 5) is 48.2. The van der Waals surface area contributed by atoms with E-state index in [-0.39, 0.29) is 28.9 Å². The quantitative estimate of drug-likeness (QED) is 0.270. The number of amides is 2. The lowest BCUT2D eigenvalue weighted by Gasteiger charge is -2.33. The summed E-state index contributed by atoms with van der Waals surface area (Å²) < 4.78 is 26.1. The summed E-state index contributed by atoms with van der Waals surface area (Å²) in [6.07, 6.45) is 11.4. The van der Waals surface area contributed by atoms with E-state index in [1.807, 2.05) is 0 Å². The van der Waals surface area contributed by atoms with Gasteiger partial charge in [0.25, 0.3) is 0 Å². The zero-order valence-electron chi connectivity index (χ0n) is 26.1. The number of imidazole rings is 1. The van der Waals surface area contributed by atoms with Crippen LogP contribution < -0.4 is 10.6 Å². The maximum Gasteiger partial charge on any atom is 0.249 e. The van der Waals surface area contributed by atoms with E-state index in [2.05, 4.69) is 20.6 Å². The van der Waals surface area contributed by atoms with Crippen molar-refractivity contribution in [3.05, 3.63) is 54.1 Å². The molecular formula is C33H48N4O6S. The number of carbonyl (C=O) groups is 3. The second-order valence-electron chi connectivity index (χ2n) is 13.4. The minimum Gasteiger partial charge on any atom is -0.383 e. The number of aromatic amines is 1. The molecule has 242 valence electrons. The molecule has 4 N–H and O–H groups in total. The number of sulfone groups is 1. The van der Waals surface area contributed by atoms with Gasteiger partial charge in [-0.3, -0.25) is 14.4 Å². The predicted octanol–water partition coefficient (Wildman–Crippen LogP) is 4.49. The van der Waals surface area contributed by atoms with Crippen molar-refractivity contribution in [3.63, 3.8) is 0 Å². The third-order valence-electron chi connectivity index (χ3n) is 9.20. The Kier molecular flexibility index (Phi) is 11.4. The molecule has 4 unspecified atom stereocenters. The molecule has 11 heteroatoms. The highest BCUT2D eigenvalue weighted by Crippen LogP contribution is 2.34. The highest BCUT2D eigenvalue weighted by atomic mass is 32.2. The molecular weight excluding hydrogens is 580 g/mol. The van der Waals surface area contributed by atoms with Crippen molar-refractivity contribution in [2.45, 2.75) is 120 Å². The van der Waals surface area contributed by atoms with Gasteiger partial charge in [0, 0.05) is 5.92 Å². The van der Waals surface area contributed by atoms with Gasteiger partial charge < -0.3 is 20.7 Å². The maximum absolute atomic E-state index is 14.0. The highest BCUT2D eigenvalue weighted by molar-refractivity contribution is 7.93. The highest BCUT2D eigenvalue weighted by Gasteiger charge is 2.44. The van der Waals surface area contributed by atoms with E-state index in [9.17, 15) is 27.9 Å². The first-order chi connectivity index (χ1) is 20.9. The van der Waals surface area contributed by atoms with Crippen molar-refractivity contribution in [2.24, 2.45) is 11.8 Å². The van der Waals surface area contributed by atoms with Crippen LogP contribution in [-0.4, -0.2) is 58.0 Å². The summed E-state index contributed by atoms with van der Waals surface area (Å²) in [6, 6.07) is 6.03. The van der Waals surface area contributed by atoms with Gasteiger partial charge >= 0.3 is 0 Å². The lowest BCUT2D eigenvalue weighted by molar-refractivity contribution is -0.136. The Morgan fingerprint density at radius 3 is 2.11 bits per heavy atom. The number of hydrogen-bond acceptors (Lipinski definition) is 7. The summed E-state index contributed by atoms with van der Waals surface area (Å²) in [5.41, 5.74) is 0.535. The zero-order chi connectivity index (χ0) is 31.9. The van der Waals surface area contributed by atoms with Gasteiger partial charge in [0.15, 0.2) is 20.9 Å². The van der Waals surface area contributed by atoms with Gasteiger partial charge in [-0.1, -0.05) is 81.7 Å². The van der Waals surface area contributed by atoms with Gasteiger partial charge in [-0.15, -0.1) is 0 Å². The molecule has 10 nitrogen and oxygen atoms in total. The standard InChI is InChI=1S/C33H48N4O6S/c1-33(2,3)44(42,43)30(24-17-11-6-12-18-24)32(41)37-27(26-20-34-21-35-26)31(40)36-25(19-22-13-7-4-8-14-22)29(39)28(38)23-15-9-5-10-16-23/h6,11-12,17-18,20-23,25,27,29-30,39H,4-5,7-10,13-16,19H2,1-3H3,(H,34,35)(H,36,40)(H,37,41). The van der Waals surface area contributed by atoms with Crippen LogP contribution in [0.5, 0.6) is 0 Å². The summed E-state index contributed by atoms with van der Waals surface area (Å²) in [5, 5.41) is 15.4. The number of benzene rings is 1. The summed E-state index contributed by atoms with van der Waals surface area (Å²) >= 11 is 0. The van der Waals surface area contributed by atoms with Gasteiger partial charge in [-0.05, 0) is 51.5 Å². The smallest absolute Gasteiger partial charge is 0.249 e. The van der Waals surface area contributed by atoms with Gasteiger partial charge in [0.05, 0.1) is 29.0 Å². The predicted molar refractivity (Wildman–Crippen MR) is 168 cm³/mol. The van der Waals surface area contributed by atoms with E-state index < -0.39 is 49.8 Å². The Balaban J connectivity index is 1.62. The molecule has 2 amide bonds. The summed E-state index contributed by atoms with van der Waals surface area (Å²) in [5.74, 6) is -1.74. The molecule has 1 aromatic heterocycles. The molecule has 2 saturated carbocycles.